The zero-order valence-corrected chi connectivity index (χ0v) is 11.2. The predicted molar refractivity (Wildman–Crippen MR) is 72.6 cm³/mol. The Hall–Kier alpha value is -1.68. The first-order valence-corrected chi connectivity index (χ1v) is 6.33. The monoisotopic (exact) mass is 244 g/mol. The lowest BCUT2D eigenvalue weighted by Gasteiger charge is -2.08. The molecule has 0 aliphatic rings. The van der Waals surface area contributed by atoms with Crippen LogP contribution < -0.4 is 5.32 Å². The van der Waals surface area contributed by atoms with E-state index in [0.717, 1.165) is 30.2 Å². The molecule has 18 heavy (non-hydrogen) atoms. The van der Waals surface area contributed by atoms with E-state index in [-0.39, 0.29) is 0 Å². The summed E-state index contributed by atoms with van der Waals surface area (Å²) in [4.78, 5) is 4.36. The summed E-state index contributed by atoms with van der Waals surface area (Å²) in [5.74, 6) is 0.655. The molecule has 0 amide bonds. The first-order valence-electron chi connectivity index (χ1n) is 6.33. The Kier molecular flexibility index (Phi) is 4.10. The lowest BCUT2D eigenvalue weighted by atomic mass is 10.2. The van der Waals surface area contributed by atoms with Gasteiger partial charge in [-0.2, -0.15) is 5.10 Å². The number of nitrogens with one attached hydrogen (secondary N) is 1. The number of rotatable bonds is 5. The molecular weight excluding hydrogens is 224 g/mol. The van der Waals surface area contributed by atoms with Gasteiger partial charge in [0.05, 0.1) is 17.1 Å². The smallest absolute Gasteiger partial charge is 0.0679 e. The van der Waals surface area contributed by atoms with E-state index in [1.165, 1.54) is 0 Å². The molecule has 4 heteroatoms. The van der Waals surface area contributed by atoms with E-state index in [9.17, 15) is 0 Å². The molecule has 0 atom stereocenters. The summed E-state index contributed by atoms with van der Waals surface area (Å²) in [5.41, 5.74) is 3.12. The first-order chi connectivity index (χ1) is 8.65. The van der Waals surface area contributed by atoms with E-state index in [4.69, 9.17) is 0 Å². The van der Waals surface area contributed by atoms with Crippen LogP contribution in [0.1, 0.15) is 25.2 Å². The maximum Gasteiger partial charge on any atom is 0.0679 e. The molecule has 2 rings (SSSR count). The molecule has 0 radical (unpaired) electrons. The average Bonchev–Trinajstić information content (AvgIpc) is 2.76. The number of nitrogens with zero attached hydrogens (tertiary/aromatic N) is 3. The molecule has 4 nitrogen and oxygen atoms in total. The number of aryl methyl sites for hydroxylation is 1. The van der Waals surface area contributed by atoms with Crippen LogP contribution in [0.4, 0.5) is 0 Å². The van der Waals surface area contributed by atoms with E-state index < -0.39 is 0 Å². The van der Waals surface area contributed by atoms with Crippen molar-refractivity contribution in [2.45, 2.75) is 27.3 Å². The van der Waals surface area contributed by atoms with Crippen molar-refractivity contribution in [1.82, 2.24) is 20.1 Å². The van der Waals surface area contributed by atoms with Gasteiger partial charge in [-0.1, -0.05) is 13.8 Å². The van der Waals surface area contributed by atoms with Crippen LogP contribution in [0.5, 0.6) is 0 Å². The van der Waals surface area contributed by atoms with Crippen molar-refractivity contribution in [3.63, 3.8) is 0 Å². The summed E-state index contributed by atoms with van der Waals surface area (Å²) in [6.45, 7) is 8.19. The third kappa shape index (κ3) is 3.40. The highest BCUT2D eigenvalue weighted by molar-refractivity contribution is 5.31. The van der Waals surface area contributed by atoms with Gasteiger partial charge in [0.2, 0.25) is 0 Å². The van der Waals surface area contributed by atoms with Crippen LogP contribution >= 0.6 is 0 Å². The molecule has 0 saturated heterocycles. The van der Waals surface area contributed by atoms with Gasteiger partial charge < -0.3 is 5.32 Å². The van der Waals surface area contributed by atoms with E-state index >= 15 is 0 Å². The average molecular weight is 244 g/mol. The maximum atomic E-state index is 4.40. The van der Waals surface area contributed by atoms with E-state index in [1.807, 2.05) is 36.1 Å². The van der Waals surface area contributed by atoms with Crippen molar-refractivity contribution in [2.75, 3.05) is 6.54 Å². The molecule has 0 spiro atoms. The van der Waals surface area contributed by atoms with Crippen molar-refractivity contribution in [3.05, 3.63) is 42.0 Å². The second-order valence-corrected chi connectivity index (χ2v) is 4.93. The van der Waals surface area contributed by atoms with Gasteiger partial charge in [0.25, 0.3) is 0 Å². The Morgan fingerprint density at radius 3 is 2.83 bits per heavy atom. The minimum Gasteiger partial charge on any atom is -0.311 e. The standard InChI is InChI=1S/C14H20N4/c1-11(2)9-15-10-13-8-14(4-6-16-13)18-7-5-12(3)17-18/h4-8,11,15H,9-10H2,1-3H3. The normalized spacial score (nSPS) is 11.1. The Morgan fingerprint density at radius 1 is 1.33 bits per heavy atom. The Morgan fingerprint density at radius 2 is 2.17 bits per heavy atom. The van der Waals surface area contributed by atoms with Crippen LogP contribution in [0.15, 0.2) is 30.6 Å². The maximum absolute atomic E-state index is 4.40. The second kappa shape index (κ2) is 5.78. The molecule has 0 aliphatic heterocycles. The SMILES string of the molecule is Cc1ccn(-c2ccnc(CNCC(C)C)c2)n1. The van der Waals surface area contributed by atoms with Crippen molar-refractivity contribution in [2.24, 2.45) is 5.92 Å². The third-order valence-corrected chi connectivity index (χ3v) is 2.65. The molecule has 0 bridgehead atoms. The van der Waals surface area contributed by atoms with Crippen molar-refractivity contribution >= 4 is 0 Å². The molecule has 2 aromatic rings. The van der Waals surface area contributed by atoms with Gasteiger partial charge in [-0.25, -0.2) is 4.68 Å². The summed E-state index contributed by atoms with van der Waals surface area (Å²) in [6, 6.07) is 6.04. The van der Waals surface area contributed by atoms with Crippen LogP contribution in [0.3, 0.4) is 0 Å². The minimum atomic E-state index is 0.655. The molecule has 0 saturated carbocycles. The van der Waals surface area contributed by atoms with Gasteiger partial charge in [0.15, 0.2) is 0 Å². The van der Waals surface area contributed by atoms with Crippen LogP contribution in [0.25, 0.3) is 5.69 Å². The minimum absolute atomic E-state index is 0.655. The van der Waals surface area contributed by atoms with Crippen LogP contribution in [0.2, 0.25) is 0 Å². The van der Waals surface area contributed by atoms with Gasteiger partial charge in [0.1, 0.15) is 0 Å². The topological polar surface area (TPSA) is 42.7 Å². The van der Waals surface area contributed by atoms with Gasteiger partial charge in [-0.05, 0) is 37.6 Å². The summed E-state index contributed by atoms with van der Waals surface area (Å²) in [7, 11) is 0. The van der Waals surface area contributed by atoms with E-state index in [1.54, 1.807) is 0 Å². The molecule has 2 aromatic heterocycles. The van der Waals surface area contributed by atoms with E-state index in [2.05, 4.69) is 35.3 Å². The zero-order chi connectivity index (χ0) is 13.0. The summed E-state index contributed by atoms with van der Waals surface area (Å²) >= 11 is 0. The molecular formula is C14H20N4. The Balaban J connectivity index is 2.05. The quantitative estimate of drug-likeness (QED) is 0.877. The molecule has 0 unspecified atom stereocenters. The van der Waals surface area contributed by atoms with Gasteiger partial charge in [-0.3, -0.25) is 4.98 Å². The highest BCUT2D eigenvalue weighted by Crippen LogP contribution is 2.08. The van der Waals surface area contributed by atoms with Crippen molar-refractivity contribution < 1.29 is 0 Å². The van der Waals surface area contributed by atoms with Gasteiger partial charge in [0, 0.05) is 18.9 Å². The molecule has 0 aliphatic carbocycles. The number of pyridine rings is 1. The molecule has 1 N–H and O–H groups in total. The number of hydrogen-bond donors (Lipinski definition) is 1. The van der Waals surface area contributed by atoms with Crippen molar-refractivity contribution in [3.8, 4) is 5.69 Å². The van der Waals surface area contributed by atoms with Crippen molar-refractivity contribution in [1.29, 1.82) is 0 Å². The fourth-order valence-corrected chi connectivity index (χ4v) is 1.75. The Bertz CT molecular complexity index is 502. The molecule has 0 aromatic carbocycles. The molecule has 0 fully saturated rings. The number of hydrogen-bond acceptors (Lipinski definition) is 3. The molecule has 96 valence electrons. The largest absolute Gasteiger partial charge is 0.311 e. The highest BCUT2D eigenvalue weighted by Gasteiger charge is 2.01. The van der Waals surface area contributed by atoms with Crippen LogP contribution in [-0.4, -0.2) is 21.3 Å². The predicted octanol–water partition coefficient (Wildman–Crippen LogP) is 2.32. The summed E-state index contributed by atoms with van der Waals surface area (Å²) in [6.07, 6.45) is 3.80. The van der Waals surface area contributed by atoms with E-state index in [0.29, 0.717) is 5.92 Å². The lowest BCUT2D eigenvalue weighted by molar-refractivity contribution is 0.548. The summed E-state index contributed by atoms with van der Waals surface area (Å²) < 4.78 is 1.88. The lowest BCUT2D eigenvalue weighted by Crippen LogP contribution is -2.19. The van der Waals surface area contributed by atoms with Gasteiger partial charge in [-0.15, -0.1) is 0 Å². The Labute approximate surface area is 108 Å². The third-order valence-electron chi connectivity index (χ3n) is 2.65. The zero-order valence-electron chi connectivity index (χ0n) is 11.2. The highest BCUT2D eigenvalue weighted by atomic mass is 15.3. The van der Waals surface area contributed by atoms with Gasteiger partial charge >= 0.3 is 0 Å². The fraction of sp³-hybridized carbons (Fsp3) is 0.429. The van der Waals surface area contributed by atoms with Crippen LogP contribution in [0, 0.1) is 12.8 Å². The second-order valence-electron chi connectivity index (χ2n) is 4.93. The number of aromatic nitrogens is 3. The van der Waals surface area contributed by atoms with Crippen LogP contribution in [-0.2, 0) is 6.54 Å². The molecule has 2 heterocycles. The summed E-state index contributed by atoms with van der Waals surface area (Å²) in [5, 5.41) is 7.79. The fourth-order valence-electron chi connectivity index (χ4n) is 1.75. The first kappa shape index (κ1) is 12.8.